The first kappa shape index (κ1) is 28.5. The highest BCUT2D eigenvalue weighted by molar-refractivity contribution is 6.16. The maximum Gasteiger partial charge on any atom is 0.355 e. The van der Waals surface area contributed by atoms with Gasteiger partial charge in [0.1, 0.15) is 5.54 Å². The van der Waals surface area contributed by atoms with Crippen LogP contribution in [0.1, 0.15) is 54.2 Å². The molecule has 0 bridgehead atoms. The molecule has 1 aliphatic rings. The fourth-order valence-corrected chi connectivity index (χ4v) is 5.73. The van der Waals surface area contributed by atoms with Crippen molar-refractivity contribution in [2.75, 3.05) is 26.3 Å². The SMILES string of the molecule is C=CCC(C)(C(=O)O/N=C(\C)c1ccc2c(c1)c1cc(C(=O)c3ccccc3C)ccc1n2CC)N1CCOCC1. The predicted molar refractivity (Wildman–Crippen MR) is 164 cm³/mol. The summed E-state index contributed by atoms with van der Waals surface area (Å²) in [5, 5.41) is 6.28. The molecule has 7 heteroatoms. The molecule has 41 heavy (non-hydrogen) atoms. The number of carbonyl (C=O) groups is 2. The van der Waals surface area contributed by atoms with Crippen molar-refractivity contribution in [1.82, 2.24) is 9.47 Å². The number of nitrogens with zero attached hydrogens (tertiary/aromatic N) is 3. The van der Waals surface area contributed by atoms with Gasteiger partial charge in [0.2, 0.25) is 0 Å². The minimum absolute atomic E-state index is 0.00560. The molecule has 4 aromatic rings. The lowest BCUT2D eigenvalue weighted by molar-refractivity contribution is -0.160. The van der Waals surface area contributed by atoms with E-state index in [2.05, 4.69) is 40.3 Å². The molecule has 1 atom stereocenters. The molecule has 1 aromatic heterocycles. The van der Waals surface area contributed by atoms with Crippen molar-refractivity contribution < 1.29 is 19.2 Å². The molecule has 1 unspecified atom stereocenters. The molecular weight excluding hydrogens is 514 g/mol. The molecule has 0 spiro atoms. The van der Waals surface area contributed by atoms with Gasteiger partial charge in [0.15, 0.2) is 5.78 Å². The van der Waals surface area contributed by atoms with Gasteiger partial charge in [-0.1, -0.05) is 41.6 Å². The minimum Gasteiger partial charge on any atom is -0.379 e. The van der Waals surface area contributed by atoms with Crippen molar-refractivity contribution in [2.24, 2.45) is 5.16 Å². The number of aromatic nitrogens is 1. The van der Waals surface area contributed by atoms with Crippen molar-refractivity contribution in [1.29, 1.82) is 0 Å². The van der Waals surface area contributed by atoms with Gasteiger partial charge in [-0.2, -0.15) is 0 Å². The van der Waals surface area contributed by atoms with E-state index in [0.29, 0.717) is 49.6 Å². The first-order valence-corrected chi connectivity index (χ1v) is 14.1. The highest BCUT2D eigenvalue weighted by Crippen LogP contribution is 2.32. The third kappa shape index (κ3) is 5.35. The van der Waals surface area contributed by atoms with Gasteiger partial charge in [0.05, 0.1) is 18.9 Å². The Morgan fingerprint density at radius 2 is 1.66 bits per heavy atom. The number of rotatable bonds is 9. The van der Waals surface area contributed by atoms with Gasteiger partial charge >= 0.3 is 5.97 Å². The molecule has 0 N–H and O–H groups in total. The Balaban J connectivity index is 1.48. The standard InChI is InChI=1S/C34H37N3O4/c1-6-16-34(5,36-17-19-40-20-18-36)33(39)41-35-24(4)25-12-14-30-28(21-25)29-22-26(13-15-31(29)37(30)7-2)32(38)27-11-9-8-10-23(27)3/h6,8-15,21-22H,1,7,16-20H2,2-5H3/b35-24+. The molecule has 0 aliphatic carbocycles. The van der Waals surface area contributed by atoms with Crippen molar-refractivity contribution in [3.8, 4) is 0 Å². The van der Waals surface area contributed by atoms with Gasteiger partial charge in [-0.15, -0.1) is 6.58 Å². The molecule has 0 saturated carbocycles. The zero-order chi connectivity index (χ0) is 29.1. The van der Waals surface area contributed by atoms with E-state index >= 15 is 0 Å². The first-order chi connectivity index (χ1) is 19.8. The smallest absolute Gasteiger partial charge is 0.355 e. The summed E-state index contributed by atoms with van der Waals surface area (Å²) in [6.07, 6.45) is 2.19. The summed E-state index contributed by atoms with van der Waals surface area (Å²) >= 11 is 0. The summed E-state index contributed by atoms with van der Waals surface area (Å²) in [6.45, 7) is 14.8. The average Bonchev–Trinajstić information content (AvgIpc) is 3.32. The van der Waals surface area contributed by atoms with Crippen LogP contribution >= 0.6 is 0 Å². The van der Waals surface area contributed by atoms with E-state index < -0.39 is 11.5 Å². The summed E-state index contributed by atoms with van der Waals surface area (Å²) in [7, 11) is 0. The first-order valence-electron chi connectivity index (χ1n) is 14.1. The predicted octanol–water partition coefficient (Wildman–Crippen LogP) is 6.29. The van der Waals surface area contributed by atoms with E-state index in [9.17, 15) is 9.59 Å². The Kier molecular flexibility index (Phi) is 8.20. The normalized spacial score (nSPS) is 16.0. The lowest BCUT2D eigenvalue weighted by Crippen LogP contribution is -2.56. The zero-order valence-electron chi connectivity index (χ0n) is 24.3. The Labute approximate surface area is 241 Å². The van der Waals surface area contributed by atoms with Crippen LogP contribution in [-0.2, 0) is 20.9 Å². The molecule has 5 rings (SSSR count). The minimum atomic E-state index is -0.867. The van der Waals surface area contributed by atoms with Crippen molar-refractivity contribution in [2.45, 2.75) is 46.2 Å². The monoisotopic (exact) mass is 551 g/mol. The molecule has 1 fully saturated rings. The molecule has 1 aliphatic heterocycles. The summed E-state index contributed by atoms with van der Waals surface area (Å²) in [4.78, 5) is 34.3. The fourth-order valence-electron chi connectivity index (χ4n) is 5.73. The van der Waals surface area contributed by atoms with Crippen LogP contribution in [0, 0.1) is 6.92 Å². The number of hydrogen-bond donors (Lipinski definition) is 0. The molecule has 3 aromatic carbocycles. The third-order valence-electron chi connectivity index (χ3n) is 8.21. The van der Waals surface area contributed by atoms with Gasteiger partial charge in [-0.05, 0) is 75.6 Å². The van der Waals surface area contributed by atoms with Gasteiger partial charge in [-0.3, -0.25) is 9.69 Å². The summed E-state index contributed by atoms with van der Waals surface area (Å²) in [6, 6.07) is 19.7. The maximum atomic E-state index is 13.4. The van der Waals surface area contributed by atoms with Crippen LogP contribution in [0.25, 0.3) is 21.8 Å². The van der Waals surface area contributed by atoms with Crippen molar-refractivity contribution in [3.63, 3.8) is 0 Å². The molecule has 0 radical (unpaired) electrons. The van der Waals surface area contributed by atoms with E-state index in [-0.39, 0.29) is 5.78 Å². The van der Waals surface area contributed by atoms with Crippen LogP contribution in [-0.4, -0.2) is 58.8 Å². The Hall–Kier alpha value is -4.07. The zero-order valence-corrected chi connectivity index (χ0v) is 24.3. The second kappa shape index (κ2) is 11.8. The molecule has 0 amide bonds. The highest BCUT2D eigenvalue weighted by atomic mass is 16.7. The number of carbonyl (C=O) groups excluding carboxylic acids is 2. The largest absolute Gasteiger partial charge is 0.379 e. The second-order valence-electron chi connectivity index (χ2n) is 10.8. The molecular formula is C34H37N3O4. The van der Waals surface area contributed by atoms with Crippen LogP contribution < -0.4 is 0 Å². The number of benzene rings is 3. The van der Waals surface area contributed by atoms with Crippen LogP contribution in [0.5, 0.6) is 0 Å². The number of ether oxygens (including phenoxy) is 1. The van der Waals surface area contributed by atoms with Crippen molar-refractivity contribution in [3.05, 3.63) is 95.6 Å². The number of aryl methyl sites for hydroxylation is 2. The number of ketones is 1. The van der Waals surface area contributed by atoms with Crippen LogP contribution in [0.2, 0.25) is 0 Å². The molecule has 212 valence electrons. The maximum absolute atomic E-state index is 13.4. The van der Waals surface area contributed by atoms with Gasteiger partial charge in [0.25, 0.3) is 0 Å². The van der Waals surface area contributed by atoms with E-state index in [4.69, 9.17) is 9.57 Å². The third-order valence-corrected chi connectivity index (χ3v) is 8.21. The molecule has 7 nitrogen and oxygen atoms in total. The van der Waals surface area contributed by atoms with E-state index in [1.807, 2.05) is 69.3 Å². The van der Waals surface area contributed by atoms with Gasteiger partial charge in [0, 0.05) is 52.6 Å². The average molecular weight is 552 g/mol. The highest BCUT2D eigenvalue weighted by Gasteiger charge is 2.41. The molecule has 2 heterocycles. The summed E-state index contributed by atoms with van der Waals surface area (Å²) in [5.41, 5.74) is 5.01. The van der Waals surface area contributed by atoms with Gasteiger partial charge < -0.3 is 14.1 Å². The number of hydrogen-bond acceptors (Lipinski definition) is 6. The van der Waals surface area contributed by atoms with Crippen LogP contribution in [0.4, 0.5) is 0 Å². The fraction of sp³-hybridized carbons (Fsp3) is 0.324. The van der Waals surface area contributed by atoms with E-state index in [1.165, 1.54) is 0 Å². The Morgan fingerprint density at radius 1 is 1.02 bits per heavy atom. The van der Waals surface area contributed by atoms with Crippen LogP contribution in [0.15, 0.2) is 78.5 Å². The molecule has 1 saturated heterocycles. The lowest BCUT2D eigenvalue weighted by Gasteiger charge is -2.39. The Morgan fingerprint density at radius 3 is 2.29 bits per heavy atom. The number of morpholine rings is 1. The Bertz CT molecular complexity index is 1660. The lowest BCUT2D eigenvalue weighted by atomic mass is 9.95. The number of fused-ring (bicyclic) bond motifs is 3. The van der Waals surface area contributed by atoms with Gasteiger partial charge in [-0.25, -0.2) is 4.79 Å². The van der Waals surface area contributed by atoms with Crippen LogP contribution in [0.3, 0.4) is 0 Å². The second-order valence-corrected chi connectivity index (χ2v) is 10.8. The summed E-state index contributed by atoms with van der Waals surface area (Å²) < 4.78 is 7.71. The van der Waals surface area contributed by atoms with E-state index in [0.717, 1.165) is 39.5 Å². The quantitative estimate of drug-likeness (QED) is 0.0804. The number of oxime groups is 1. The van der Waals surface area contributed by atoms with E-state index in [1.54, 1.807) is 6.08 Å². The summed E-state index contributed by atoms with van der Waals surface area (Å²) in [5.74, 6) is -0.410. The van der Waals surface area contributed by atoms with Crippen molar-refractivity contribution >= 4 is 39.3 Å². The topological polar surface area (TPSA) is 73.1 Å².